The molecule has 1 rings (SSSR count). The van der Waals surface area contributed by atoms with Crippen LogP contribution in [0.4, 0.5) is 0 Å². The van der Waals surface area contributed by atoms with E-state index in [2.05, 4.69) is 0 Å². The van der Waals surface area contributed by atoms with Gasteiger partial charge < -0.3 is 0 Å². The van der Waals surface area contributed by atoms with E-state index in [9.17, 15) is 4.21 Å². The molecule has 43 valence electrons. The molecule has 0 aromatic carbocycles. The summed E-state index contributed by atoms with van der Waals surface area (Å²) in [5.41, 5.74) is 0. The smallest absolute Gasteiger partial charge is 0.0702 e. The first-order chi connectivity index (χ1) is 2.89. The van der Waals surface area contributed by atoms with Crippen LogP contribution in [0.25, 0.3) is 0 Å². The third-order valence-corrected chi connectivity index (χ3v) is 1.39. The quantitative estimate of drug-likeness (QED) is 0.483. The van der Waals surface area contributed by atoms with Crippen LogP contribution in [0, 0.1) is 0 Å². The molecule has 0 aromatic rings. The maximum Gasteiger partial charge on any atom is 0.0702 e. The number of allylic oxidation sites excluding steroid dienone is 2. The molecular formula is C4H4CuOS. The van der Waals surface area contributed by atoms with Gasteiger partial charge in [0.05, 0.1) is 10.8 Å². The number of hydrogen-bond acceptors (Lipinski definition) is 1. The Kier molecular flexibility index (Phi) is 3.26. The van der Waals surface area contributed by atoms with E-state index in [0.717, 1.165) is 0 Å². The van der Waals surface area contributed by atoms with Gasteiger partial charge in [0.25, 0.3) is 0 Å². The molecule has 1 heterocycles. The van der Waals surface area contributed by atoms with Gasteiger partial charge in [-0.05, 0) is 0 Å². The molecule has 1 nitrogen and oxygen atoms in total. The molecule has 0 atom stereocenters. The monoisotopic (exact) mass is 163 g/mol. The third kappa shape index (κ3) is 2.07. The molecule has 0 spiro atoms. The summed E-state index contributed by atoms with van der Waals surface area (Å²) >= 11 is 0. The molecule has 0 N–H and O–H groups in total. The summed E-state index contributed by atoms with van der Waals surface area (Å²) in [4.78, 5) is 0. The molecular weight excluding hydrogens is 160 g/mol. The minimum absolute atomic E-state index is 0. The molecule has 3 heteroatoms. The largest absolute Gasteiger partial charge is 0.250 e. The van der Waals surface area contributed by atoms with Crippen LogP contribution < -0.4 is 0 Å². The maximum absolute atomic E-state index is 10.2. The molecule has 0 aliphatic carbocycles. The van der Waals surface area contributed by atoms with Crippen molar-refractivity contribution in [1.29, 1.82) is 0 Å². The Morgan fingerprint density at radius 3 is 1.71 bits per heavy atom. The summed E-state index contributed by atoms with van der Waals surface area (Å²) < 4.78 is 10.2. The summed E-state index contributed by atoms with van der Waals surface area (Å²) in [5, 5.41) is 3.28. The Labute approximate surface area is 55.4 Å². The summed E-state index contributed by atoms with van der Waals surface area (Å²) in [5.74, 6) is 0. The molecule has 0 amide bonds. The predicted octanol–water partition coefficient (Wildman–Crippen LogP) is 0.774. The average molecular weight is 164 g/mol. The Hall–Kier alpha value is 0.149. The fourth-order valence-corrected chi connectivity index (χ4v) is 0.873. The third-order valence-electron chi connectivity index (χ3n) is 0.536. The normalized spacial score (nSPS) is 17.1. The van der Waals surface area contributed by atoms with Crippen LogP contribution in [0.2, 0.25) is 0 Å². The van der Waals surface area contributed by atoms with Crippen molar-refractivity contribution in [2.75, 3.05) is 0 Å². The zero-order valence-electron chi connectivity index (χ0n) is 3.43. The van der Waals surface area contributed by atoms with Crippen molar-refractivity contribution in [2.45, 2.75) is 0 Å². The molecule has 1 radical (unpaired) electrons. The van der Waals surface area contributed by atoms with Crippen molar-refractivity contribution in [3.05, 3.63) is 23.0 Å². The molecule has 0 saturated heterocycles. The molecule has 0 saturated carbocycles. The fourth-order valence-electron chi connectivity index (χ4n) is 0.291. The Morgan fingerprint density at radius 1 is 1.14 bits per heavy atom. The molecule has 1 aliphatic heterocycles. The van der Waals surface area contributed by atoms with Crippen LogP contribution in [0.15, 0.2) is 23.0 Å². The Morgan fingerprint density at radius 2 is 1.57 bits per heavy atom. The SMILES string of the molecule is O=S1C=CC=C1.[Cu]. The van der Waals surface area contributed by atoms with Gasteiger partial charge in [0, 0.05) is 27.9 Å². The van der Waals surface area contributed by atoms with Crippen LogP contribution in [-0.2, 0) is 27.9 Å². The molecule has 0 aromatic heterocycles. The summed E-state index contributed by atoms with van der Waals surface area (Å²) in [7, 11) is -0.784. The summed E-state index contributed by atoms with van der Waals surface area (Å²) in [6, 6.07) is 0. The average Bonchev–Trinajstić information content (AvgIpc) is 1.86. The van der Waals surface area contributed by atoms with Crippen molar-refractivity contribution < 1.29 is 21.3 Å². The van der Waals surface area contributed by atoms with E-state index in [0.29, 0.717) is 0 Å². The van der Waals surface area contributed by atoms with Crippen molar-refractivity contribution in [2.24, 2.45) is 0 Å². The summed E-state index contributed by atoms with van der Waals surface area (Å²) in [6.45, 7) is 0. The van der Waals surface area contributed by atoms with Crippen LogP contribution in [0.1, 0.15) is 0 Å². The van der Waals surface area contributed by atoms with Gasteiger partial charge in [0.15, 0.2) is 0 Å². The second-order valence-electron chi connectivity index (χ2n) is 0.986. The Balaban J connectivity index is 0.000000360. The second-order valence-corrected chi connectivity index (χ2v) is 2.19. The zero-order valence-corrected chi connectivity index (χ0v) is 5.19. The maximum atomic E-state index is 10.2. The van der Waals surface area contributed by atoms with Crippen LogP contribution in [0.3, 0.4) is 0 Å². The summed E-state index contributed by atoms with van der Waals surface area (Å²) in [6.07, 6.45) is 3.55. The van der Waals surface area contributed by atoms with Crippen molar-refractivity contribution in [3.63, 3.8) is 0 Å². The minimum atomic E-state index is -0.784. The Bertz CT molecular complexity index is 114. The standard InChI is InChI=1S/C4H4OS.Cu/c5-6-3-1-2-4-6;/h1-4H;. The van der Waals surface area contributed by atoms with Crippen molar-refractivity contribution >= 4 is 10.8 Å². The van der Waals surface area contributed by atoms with Crippen LogP contribution in [-0.4, -0.2) is 4.21 Å². The first-order valence-corrected chi connectivity index (χ1v) is 2.91. The molecule has 0 unspecified atom stereocenters. The van der Waals surface area contributed by atoms with E-state index >= 15 is 0 Å². The zero-order chi connectivity index (χ0) is 4.41. The predicted molar refractivity (Wildman–Crippen MR) is 26.4 cm³/mol. The van der Waals surface area contributed by atoms with E-state index < -0.39 is 10.8 Å². The van der Waals surface area contributed by atoms with Gasteiger partial charge >= 0.3 is 0 Å². The van der Waals surface area contributed by atoms with E-state index in [4.69, 9.17) is 0 Å². The molecule has 7 heavy (non-hydrogen) atoms. The van der Waals surface area contributed by atoms with Gasteiger partial charge in [-0.25, -0.2) is 0 Å². The van der Waals surface area contributed by atoms with Crippen molar-refractivity contribution in [1.82, 2.24) is 0 Å². The topological polar surface area (TPSA) is 17.1 Å². The first kappa shape index (κ1) is 7.15. The van der Waals surface area contributed by atoms with Crippen LogP contribution >= 0.6 is 0 Å². The van der Waals surface area contributed by atoms with Gasteiger partial charge in [-0.1, -0.05) is 12.2 Å². The van der Waals surface area contributed by atoms with E-state index in [-0.39, 0.29) is 17.1 Å². The fraction of sp³-hybridized carbons (Fsp3) is 0. The first-order valence-electron chi connectivity index (χ1n) is 1.64. The van der Waals surface area contributed by atoms with Gasteiger partial charge in [-0.15, -0.1) is 0 Å². The number of rotatable bonds is 0. The second kappa shape index (κ2) is 3.19. The van der Waals surface area contributed by atoms with Gasteiger partial charge in [-0.2, -0.15) is 0 Å². The van der Waals surface area contributed by atoms with Gasteiger partial charge in [-0.3, -0.25) is 4.21 Å². The minimum Gasteiger partial charge on any atom is -0.250 e. The number of hydrogen-bond donors (Lipinski definition) is 0. The van der Waals surface area contributed by atoms with E-state index in [1.54, 1.807) is 23.0 Å². The van der Waals surface area contributed by atoms with E-state index in [1.807, 2.05) is 0 Å². The molecule has 0 fully saturated rings. The van der Waals surface area contributed by atoms with Gasteiger partial charge in [0.1, 0.15) is 0 Å². The molecule has 0 bridgehead atoms. The van der Waals surface area contributed by atoms with Crippen LogP contribution in [0.5, 0.6) is 0 Å². The van der Waals surface area contributed by atoms with Gasteiger partial charge in [0.2, 0.25) is 0 Å². The van der Waals surface area contributed by atoms with Crippen molar-refractivity contribution in [3.8, 4) is 0 Å². The van der Waals surface area contributed by atoms with E-state index in [1.165, 1.54) is 0 Å². The molecule has 1 aliphatic rings.